The zero-order chi connectivity index (χ0) is 18.2. The number of rotatable bonds is 7. The summed E-state index contributed by atoms with van der Waals surface area (Å²) in [6.45, 7) is 4.60. The molecule has 0 radical (unpaired) electrons. The summed E-state index contributed by atoms with van der Waals surface area (Å²) in [5.41, 5.74) is 4.70. The van der Waals surface area contributed by atoms with Crippen LogP contribution in [-0.2, 0) is 12.8 Å². The van der Waals surface area contributed by atoms with Gasteiger partial charge >= 0.3 is 0 Å². The van der Waals surface area contributed by atoms with Crippen molar-refractivity contribution in [3.63, 3.8) is 0 Å². The minimum atomic E-state index is 1.03. The Morgan fingerprint density at radius 1 is 0.769 bits per heavy atom. The lowest BCUT2D eigenvalue weighted by atomic mass is 9.69. The standard InChI is InChI=1S/C26H40/c1-3-5-21-7-9-23(10-8-21)11-12-24-15-19-26(20-16-24)25-17-13-22(6-4-2)14-18-25/h7-10,12,22,25-26H,3-6,11,13-20H2,1-2H3. The maximum atomic E-state index is 2.54. The molecule has 144 valence electrons. The summed E-state index contributed by atoms with van der Waals surface area (Å²) in [5.74, 6) is 3.14. The van der Waals surface area contributed by atoms with Crippen LogP contribution in [0.2, 0.25) is 0 Å². The highest BCUT2D eigenvalue weighted by molar-refractivity contribution is 5.25. The molecule has 0 saturated heterocycles. The molecule has 2 saturated carbocycles. The molecule has 0 heteroatoms. The summed E-state index contributed by atoms with van der Waals surface area (Å²) >= 11 is 0. The summed E-state index contributed by atoms with van der Waals surface area (Å²) in [5, 5.41) is 0. The number of hydrogen-bond donors (Lipinski definition) is 0. The van der Waals surface area contributed by atoms with E-state index in [4.69, 9.17) is 0 Å². The smallest absolute Gasteiger partial charge is 0.00948 e. The molecule has 1 aromatic carbocycles. The Hall–Kier alpha value is -1.04. The Labute approximate surface area is 162 Å². The van der Waals surface area contributed by atoms with Crippen molar-refractivity contribution >= 4 is 0 Å². The Morgan fingerprint density at radius 3 is 2.00 bits per heavy atom. The first kappa shape index (κ1) is 19.7. The van der Waals surface area contributed by atoms with Crippen molar-refractivity contribution < 1.29 is 0 Å². The molecule has 0 aliphatic heterocycles. The monoisotopic (exact) mass is 352 g/mol. The highest BCUT2D eigenvalue weighted by Gasteiger charge is 2.28. The predicted molar refractivity (Wildman–Crippen MR) is 115 cm³/mol. The van der Waals surface area contributed by atoms with Crippen molar-refractivity contribution in [1.82, 2.24) is 0 Å². The molecule has 0 bridgehead atoms. The van der Waals surface area contributed by atoms with Crippen molar-refractivity contribution in [2.24, 2.45) is 17.8 Å². The van der Waals surface area contributed by atoms with Crippen LogP contribution in [0.5, 0.6) is 0 Å². The normalized spacial score (nSPS) is 26.7. The maximum Gasteiger partial charge on any atom is -0.00948 e. The summed E-state index contributed by atoms with van der Waals surface area (Å²) in [6, 6.07) is 9.32. The van der Waals surface area contributed by atoms with Gasteiger partial charge in [-0.05, 0) is 80.2 Å². The third-order valence-corrected chi connectivity index (χ3v) is 7.12. The topological polar surface area (TPSA) is 0 Å². The zero-order valence-electron chi connectivity index (χ0n) is 17.3. The Morgan fingerprint density at radius 2 is 1.38 bits per heavy atom. The fourth-order valence-corrected chi connectivity index (χ4v) is 5.44. The van der Waals surface area contributed by atoms with E-state index < -0.39 is 0 Å². The SMILES string of the molecule is CCCc1ccc(CC=C2CCC(C3CCC(CCC)CC3)CC2)cc1. The van der Waals surface area contributed by atoms with Crippen LogP contribution < -0.4 is 0 Å². The molecule has 0 unspecified atom stereocenters. The highest BCUT2D eigenvalue weighted by Crippen LogP contribution is 2.42. The van der Waals surface area contributed by atoms with Crippen LogP contribution in [0.4, 0.5) is 0 Å². The van der Waals surface area contributed by atoms with E-state index >= 15 is 0 Å². The fourth-order valence-electron chi connectivity index (χ4n) is 5.44. The van der Waals surface area contributed by atoms with E-state index in [2.05, 4.69) is 44.2 Å². The molecule has 0 spiro atoms. The van der Waals surface area contributed by atoms with Gasteiger partial charge < -0.3 is 0 Å². The van der Waals surface area contributed by atoms with Gasteiger partial charge in [0.15, 0.2) is 0 Å². The minimum absolute atomic E-state index is 1.03. The Bertz CT molecular complexity index is 532. The molecule has 2 fully saturated rings. The molecule has 0 heterocycles. The lowest BCUT2D eigenvalue weighted by Gasteiger charge is -2.36. The van der Waals surface area contributed by atoms with E-state index in [-0.39, 0.29) is 0 Å². The first-order valence-electron chi connectivity index (χ1n) is 11.5. The molecule has 1 aromatic rings. The number of aryl methyl sites for hydroxylation is 1. The Kier molecular flexibility index (Phi) is 7.84. The first-order valence-corrected chi connectivity index (χ1v) is 11.5. The van der Waals surface area contributed by atoms with E-state index in [0.29, 0.717) is 0 Å². The molecule has 3 rings (SSSR count). The molecular formula is C26H40. The summed E-state index contributed by atoms with van der Waals surface area (Å²) in [6.07, 6.45) is 20.7. The van der Waals surface area contributed by atoms with Crippen molar-refractivity contribution in [3.8, 4) is 0 Å². The van der Waals surface area contributed by atoms with Gasteiger partial charge in [0.1, 0.15) is 0 Å². The summed E-state index contributed by atoms with van der Waals surface area (Å²) in [7, 11) is 0. The maximum absolute atomic E-state index is 2.54. The van der Waals surface area contributed by atoms with Gasteiger partial charge in [0.2, 0.25) is 0 Å². The van der Waals surface area contributed by atoms with Gasteiger partial charge in [-0.15, -0.1) is 0 Å². The second-order valence-corrected chi connectivity index (χ2v) is 9.04. The van der Waals surface area contributed by atoms with Crippen molar-refractivity contribution in [1.29, 1.82) is 0 Å². The minimum Gasteiger partial charge on any atom is -0.0809 e. The Balaban J connectivity index is 1.41. The molecule has 0 atom stereocenters. The van der Waals surface area contributed by atoms with Gasteiger partial charge in [0, 0.05) is 0 Å². The van der Waals surface area contributed by atoms with Crippen molar-refractivity contribution in [2.45, 2.75) is 97.3 Å². The molecule has 0 N–H and O–H groups in total. The third-order valence-electron chi connectivity index (χ3n) is 7.12. The van der Waals surface area contributed by atoms with Gasteiger partial charge in [-0.3, -0.25) is 0 Å². The van der Waals surface area contributed by atoms with Crippen LogP contribution in [0.3, 0.4) is 0 Å². The van der Waals surface area contributed by atoms with E-state index in [1.807, 2.05) is 0 Å². The average Bonchev–Trinajstić information content (AvgIpc) is 2.69. The third kappa shape index (κ3) is 5.73. The van der Waals surface area contributed by atoms with Crippen LogP contribution >= 0.6 is 0 Å². The fraction of sp³-hybridized carbons (Fsp3) is 0.692. The van der Waals surface area contributed by atoms with Gasteiger partial charge in [-0.2, -0.15) is 0 Å². The van der Waals surface area contributed by atoms with Gasteiger partial charge in [0.25, 0.3) is 0 Å². The quantitative estimate of drug-likeness (QED) is 0.437. The van der Waals surface area contributed by atoms with Crippen LogP contribution in [0, 0.1) is 17.8 Å². The van der Waals surface area contributed by atoms with Gasteiger partial charge in [-0.1, -0.05) is 81.9 Å². The molecule has 2 aliphatic rings. The molecule has 2 aliphatic carbocycles. The second-order valence-electron chi connectivity index (χ2n) is 9.04. The van der Waals surface area contributed by atoms with Crippen LogP contribution in [-0.4, -0.2) is 0 Å². The van der Waals surface area contributed by atoms with E-state index in [9.17, 15) is 0 Å². The molecule has 0 amide bonds. The number of hydrogen-bond acceptors (Lipinski definition) is 0. The zero-order valence-corrected chi connectivity index (χ0v) is 17.3. The summed E-state index contributed by atoms with van der Waals surface area (Å²) in [4.78, 5) is 0. The number of allylic oxidation sites excluding steroid dienone is 2. The summed E-state index contributed by atoms with van der Waals surface area (Å²) < 4.78 is 0. The molecule has 0 nitrogen and oxygen atoms in total. The van der Waals surface area contributed by atoms with Crippen LogP contribution in [0.1, 0.15) is 95.6 Å². The number of benzene rings is 1. The lowest BCUT2D eigenvalue weighted by molar-refractivity contribution is 0.173. The molecule has 26 heavy (non-hydrogen) atoms. The largest absolute Gasteiger partial charge is 0.0809 e. The van der Waals surface area contributed by atoms with E-state index in [1.54, 1.807) is 5.57 Å². The first-order chi connectivity index (χ1) is 12.8. The average molecular weight is 353 g/mol. The van der Waals surface area contributed by atoms with Crippen LogP contribution in [0.25, 0.3) is 0 Å². The van der Waals surface area contributed by atoms with E-state index in [1.165, 1.54) is 88.2 Å². The molecular weight excluding hydrogens is 312 g/mol. The predicted octanol–water partition coefficient (Wildman–Crippen LogP) is 7.90. The van der Waals surface area contributed by atoms with E-state index in [0.717, 1.165) is 24.2 Å². The van der Waals surface area contributed by atoms with Crippen LogP contribution in [0.15, 0.2) is 35.9 Å². The lowest BCUT2D eigenvalue weighted by Crippen LogP contribution is -2.24. The second kappa shape index (κ2) is 10.3. The van der Waals surface area contributed by atoms with Crippen molar-refractivity contribution in [2.75, 3.05) is 0 Å². The van der Waals surface area contributed by atoms with Crippen molar-refractivity contribution in [3.05, 3.63) is 47.0 Å². The molecule has 0 aromatic heterocycles. The van der Waals surface area contributed by atoms with Gasteiger partial charge in [0.05, 0.1) is 0 Å². The highest BCUT2D eigenvalue weighted by atomic mass is 14.3. The van der Waals surface area contributed by atoms with Gasteiger partial charge in [-0.25, -0.2) is 0 Å².